The molecule has 1 spiro atoms. The van der Waals surface area contributed by atoms with E-state index in [1.165, 1.54) is 20.8 Å². The average Bonchev–Trinajstić information content (AvgIpc) is 3.92. The molecule has 8 fully saturated rings. The molecule has 0 amide bonds. The van der Waals surface area contributed by atoms with E-state index >= 15 is 0 Å². The molecular formula is C36H46O16. The van der Waals surface area contributed by atoms with Gasteiger partial charge in [0.2, 0.25) is 11.6 Å². The number of fused-ring (bicyclic) bond motifs is 9. The van der Waals surface area contributed by atoms with E-state index < -0.39 is 153 Å². The van der Waals surface area contributed by atoms with Crippen LogP contribution in [0.2, 0.25) is 0 Å². The molecule has 3 saturated heterocycles. The smallest absolute Gasteiger partial charge is 0.341 e. The first-order chi connectivity index (χ1) is 23.9. The molecule has 8 rings (SSSR count). The largest absolute Gasteiger partial charge is 0.462 e. The Hall–Kier alpha value is -3.18. The van der Waals surface area contributed by atoms with Crippen molar-refractivity contribution < 1.29 is 77.2 Å². The summed E-state index contributed by atoms with van der Waals surface area (Å²) >= 11 is 0. The van der Waals surface area contributed by atoms with Gasteiger partial charge in [-0.15, -0.1) is 0 Å². The normalized spacial score (nSPS) is 55.4. The van der Waals surface area contributed by atoms with E-state index in [1.807, 2.05) is 6.92 Å². The molecule has 16 heteroatoms. The van der Waals surface area contributed by atoms with Crippen LogP contribution in [-0.4, -0.2) is 111 Å². The highest BCUT2D eigenvalue weighted by molar-refractivity contribution is 5.91. The molecule has 16 nitrogen and oxygen atoms in total. The molecule has 3 heterocycles. The fourth-order valence-corrected chi connectivity index (χ4v) is 13.2. The standard InChI is InChI=1S/C36H46O16/c1-11-18-22(33(8)34(9,43)30(42)52-36(33)27(11)51-36)24(46-12(2)37)20-19-21(25(47-13(3)38)29(32(18,20)7)49-15(5)40)31(6)16(26(41)35(19,44)45)10-17-23(50-17)28(31)48-14(4)39/h11,16-25,27-29,43-45H,10H2,1-9H3/t11-,16+,17-,18-,19?,20+,21?,22-,23-,24+,25-,27-,28-,29-,31-,32+,33-,34+,36+/m0/s1. The van der Waals surface area contributed by atoms with Crippen LogP contribution >= 0.6 is 0 Å². The van der Waals surface area contributed by atoms with Gasteiger partial charge < -0.3 is 48.5 Å². The van der Waals surface area contributed by atoms with Crippen molar-refractivity contribution in [1.29, 1.82) is 0 Å². The van der Waals surface area contributed by atoms with Crippen LogP contribution < -0.4 is 0 Å². The molecule has 8 aliphatic rings. The number of epoxide rings is 2. The Labute approximate surface area is 299 Å². The molecule has 19 atom stereocenters. The number of esters is 5. The van der Waals surface area contributed by atoms with Gasteiger partial charge in [0, 0.05) is 68.1 Å². The van der Waals surface area contributed by atoms with Crippen molar-refractivity contribution >= 4 is 35.6 Å². The maximum Gasteiger partial charge on any atom is 0.341 e. The summed E-state index contributed by atoms with van der Waals surface area (Å²) in [5.41, 5.74) is -6.93. The second kappa shape index (κ2) is 10.3. The topological polar surface area (TPSA) is 234 Å². The summed E-state index contributed by atoms with van der Waals surface area (Å²) in [5, 5.41) is 36.8. The van der Waals surface area contributed by atoms with Crippen LogP contribution in [0.5, 0.6) is 0 Å². The van der Waals surface area contributed by atoms with Gasteiger partial charge in [-0.1, -0.05) is 20.8 Å². The summed E-state index contributed by atoms with van der Waals surface area (Å²) in [6.45, 7) is 12.7. The van der Waals surface area contributed by atoms with Crippen LogP contribution in [0.1, 0.15) is 68.7 Å². The molecule has 52 heavy (non-hydrogen) atoms. The van der Waals surface area contributed by atoms with Crippen LogP contribution in [0.4, 0.5) is 0 Å². The molecule has 0 radical (unpaired) electrons. The van der Waals surface area contributed by atoms with Gasteiger partial charge in [-0.3, -0.25) is 24.0 Å². The number of ether oxygens (including phenoxy) is 7. The Morgan fingerprint density at radius 3 is 1.83 bits per heavy atom. The highest BCUT2D eigenvalue weighted by Crippen LogP contribution is 2.81. The van der Waals surface area contributed by atoms with E-state index in [1.54, 1.807) is 20.8 Å². The van der Waals surface area contributed by atoms with Crippen molar-refractivity contribution in [3.8, 4) is 0 Å². The maximum atomic E-state index is 14.7. The Morgan fingerprint density at radius 1 is 0.712 bits per heavy atom. The van der Waals surface area contributed by atoms with Gasteiger partial charge in [0.25, 0.3) is 0 Å². The first-order valence-corrected chi connectivity index (χ1v) is 17.9. The van der Waals surface area contributed by atoms with E-state index in [4.69, 9.17) is 33.2 Å². The van der Waals surface area contributed by atoms with Crippen molar-refractivity contribution in [2.45, 2.75) is 129 Å². The molecule has 2 unspecified atom stereocenters. The van der Waals surface area contributed by atoms with Gasteiger partial charge in [-0.2, -0.15) is 0 Å². The minimum atomic E-state index is -3.17. The predicted molar refractivity (Wildman–Crippen MR) is 166 cm³/mol. The second-order valence-corrected chi connectivity index (χ2v) is 17.3. The van der Waals surface area contributed by atoms with Gasteiger partial charge in [-0.25, -0.2) is 4.79 Å². The summed E-state index contributed by atoms with van der Waals surface area (Å²) in [4.78, 5) is 80.3. The molecule has 0 aromatic heterocycles. The van der Waals surface area contributed by atoms with E-state index in [0.717, 1.165) is 13.8 Å². The molecule has 0 aromatic rings. The van der Waals surface area contributed by atoms with Crippen molar-refractivity contribution in [2.24, 2.45) is 57.7 Å². The maximum absolute atomic E-state index is 14.7. The van der Waals surface area contributed by atoms with Crippen LogP contribution in [0.15, 0.2) is 0 Å². The highest BCUT2D eigenvalue weighted by Gasteiger charge is 2.94. The summed E-state index contributed by atoms with van der Waals surface area (Å²) in [5.74, 6) is -17.7. The van der Waals surface area contributed by atoms with Crippen molar-refractivity contribution in [1.82, 2.24) is 0 Å². The summed E-state index contributed by atoms with van der Waals surface area (Å²) in [6, 6.07) is 0. The Kier molecular flexibility index (Phi) is 7.11. The monoisotopic (exact) mass is 734 g/mol. The zero-order chi connectivity index (χ0) is 38.2. The number of Topliss-reactive ketones (excluding diaryl/α,β-unsaturated/α-hetero) is 1. The van der Waals surface area contributed by atoms with Gasteiger partial charge >= 0.3 is 29.8 Å². The number of carbonyl (C=O) groups is 6. The molecular weight excluding hydrogens is 688 g/mol. The third-order valence-electron chi connectivity index (χ3n) is 15.1. The van der Waals surface area contributed by atoms with Crippen LogP contribution in [0, 0.1) is 57.7 Å². The number of hydrogen-bond donors (Lipinski definition) is 3. The first-order valence-electron chi connectivity index (χ1n) is 17.9. The number of ketones is 1. The first kappa shape index (κ1) is 35.8. The fraction of sp³-hybridized carbons (Fsp3) is 0.833. The summed E-state index contributed by atoms with van der Waals surface area (Å²) in [7, 11) is 0. The summed E-state index contributed by atoms with van der Waals surface area (Å²) in [6.07, 6.45) is -7.36. The zero-order valence-electron chi connectivity index (χ0n) is 30.4. The minimum absolute atomic E-state index is 0.0361. The number of aliphatic hydroxyl groups is 3. The fourth-order valence-electron chi connectivity index (χ4n) is 13.2. The zero-order valence-corrected chi connectivity index (χ0v) is 30.4. The molecule has 5 aliphatic carbocycles. The van der Waals surface area contributed by atoms with Gasteiger partial charge in [0.1, 0.15) is 36.6 Å². The van der Waals surface area contributed by atoms with Crippen molar-refractivity contribution in [2.75, 3.05) is 0 Å². The van der Waals surface area contributed by atoms with E-state index in [0.29, 0.717) is 0 Å². The van der Waals surface area contributed by atoms with Crippen LogP contribution in [-0.2, 0) is 61.9 Å². The Bertz CT molecular complexity index is 1710. The lowest BCUT2D eigenvalue weighted by molar-refractivity contribution is -0.324. The van der Waals surface area contributed by atoms with Gasteiger partial charge in [-0.05, 0) is 32.1 Å². The van der Waals surface area contributed by atoms with E-state index in [2.05, 4.69) is 0 Å². The number of rotatable bonds is 4. The molecule has 3 aliphatic heterocycles. The second-order valence-electron chi connectivity index (χ2n) is 17.3. The minimum Gasteiger partial charge on any atom is -0.462 e. The molecule has 5 saturated carbocycles. The van der Waals surface area contributed by atoms with Crippen LogP contribution in [0.25, 0.3) is 0 Å². The number of carbonyl (C=O) groups excluding carboxylic acids is 6. The van der Waals surface area contributed by atoms with Crippen LogP contribution in [0.3, 0.4) is 0 Å². The third-order valence-corrected chi connectivity index (χ3v) is 15.1. The predicted octanol–water partition coefficient (Wildman–Crippen LogP) is -0.0562. The lowest BCUT2D eigenvalue weighted by Crippen LogP contribution is -2.78. The van der Waals surface area contributed by atoms with E-state index in [9.17, 15) is 44.1 Å². The van der Waals surface area contributed by atoms with Gasteiger partial charge in [0.05, 0.1) is 11.5 Å². The van der Waals surface area contributed by atoms with Crippen molar-refractivity contribution in [3.63, 3.8) is 0 Å². The molecule has 0 bridgehead atoms. The number of hydrogen-bond acceptors (Lipinski definition) is 16. The van der Waals surface area contributed by atoms with Gasteiger partial charge in [0.15, 0.2) is 11.4 Å². The molecule has 3 N–H and O–H groups in total. The Balaban J connectivity index is 1.44. The molecule has 0 aromatic carbocycles. The Morgan fingerprint density at radius 2 is 1.25 bits per heavy atom. The lowest BCUT2D eigenvalue weighted by atomic mass is 9.40. The van der Waals surface area contributed by atoms with Crippen molar-refractivity contribution in [3.05, 3.63) is 0 Å². The lowest BCUT2D eigenvalue weighted by Gasteiger charge is -2.66. The quantitative estimate of drug-likeness (QED) is 0.149. The van der Waals surface area contributed by atoms with E-state index in [-0.39, 0.29) is 6.42 Å². The summed E-state index contributed by atoms with van der Waals surface area (Å²) < 4.78 is 42.4. The SMILES string of the molecule is CC(=O)O[C@H]1[C@@H]2[C@H]([C@H](C)[C@@H]3O[C@@]34OC(=O)[C@@](C)(O)[C@]24C)[C@]2(C)[C@@H]1C1C([C@H](OC(C)=O)[C@@H]2OC(C)=O)[C@]2(C)[C@H](C[C@@H]3O[C@@H]3[C@@H]2OC(C)=O)C(=O)C1(O)O. The molecule has 286 valence electrons. The third kappa shape index (κ3) is 3.90. The average molecular weight is 735 g/mol. The highest BCUT2D eigenvalue weighted by atomic mass is 16.8.